The number of rotatable bonds is 4. The number of hydrogen-bond acceptors (Lipinski definition) is 6. The van der Waals surface area contributed by atoms with Gasteiger partial charge in [-0.3, -0.25) is 9.59 Å². The van der Waals surface area contributed by atoms with Gasteiger partial charge in [-0.05, 0) is 44.4 Å². The number of benzene rings is 1. The number of nitrogens with zero attached hydrogens (tertiary/aromatic N) is 1. The molecular formula is C20H23NO6. The van der Waals surface area contributed by atoms with Crippen LogP contribution >= 0.6 is 0 Å². The first-order chi connectivity index (χ1) is 12.9. The normalized spacial score (nSPS) is 15.0. The molecule has 0 aliphatic carbocycles. The van der Waals surface area contributed by atoms with Crippen molar-refractivity contribution in [2.45, 2.75) is 26.7 Å². The second-order valence-corrected chi connectivity index (χ2v) is 6.78. The molecule has 1 fully saturated rings. The van der Waals surface area contributed by atoms with Crippen molar-refractivity contribution in [1.82, 2.24) is 4.90 Å². The van der Waals surface area contributed by atoms with Gasteiger partial charge in [0.05, 0.1) is 13.0 Å². The van der Waals surface area contributed by atoms with Crippen LogP contribution in [0.2, 0.25) is 0 Å². The number of amides is 1. The predicted molar refractivity (Wildman–Crippen MR) is 98.8 cm³/mol. The van der Waals surface area contributed by atoms with Gasteiger partial charge in [-0.15, -0.1) is 0 Å². The zero-order valence-corrected chi connectivity index (χ0v) is 15.7. The molecule has 0 saturated carbocycles. The van der Waals surface area contributed by atoms with E-state index in [0.717, 1.165) is 10.9 Å². The number of hydrogen-bond donors (Lipinski definition) is 0. The molecule has 0 atom stereocenters. The summed E-state index contributed by atoms with van der Waals surface area (Å²) < 4.78 is 15.8. The lowest BCUT2D eigenvalue weighted by Gasteiger charge is -2.30. The minimum absolute atomic E-state index is 0.106. The lowest BCUT2D eigenvalue weighted by molar-refractivity contribution is -0.149. The first-order valence-electron chi connectivity index (χ1n) is 8.93. The van der Waals surface area contributed by atoms with Gasteiger partial charge >= 0.3 is 11.6 Å². The maximum Gasteiger partial charge on any atom is 0.336 e. The highest BCUT2D eigenvalue weighted by atomic mass is 16.5. The van der Waals surface area contributed by atoms with Gasteiger partial charge < -0.3 is 18.8 Å². The lowest BCUT2D eigenvalue weighted by atomic mass is 9.97. The number of methoxy groups -OCH3 is 1. The third-order valence-electron chi connectivity index (χ3n) is 5.05. The van der Waals surface area contributed by atoms with E-state index in [2.05, 4.69) is 0 Å². The molecule has 1 aromatic heterocycles. The van der Waals surface area contributed by atoms with E-state index in [1.54, 1.807) is 17.9 Å². The number of fused-ring (bicyclic) bond motifs is 1. The highest BCUT2D eigenvalue weighted by Gasteiger charge is 2.28. The van der Waals surface area contributed by atoms with E-state index in [9.17, 15) is 14.4 Å². The molecule has 27 heavy (non-hydrogen) atoms. The molecular weight excluding hydrogens is 350 g/mol. The van der Waals surface area contributed by atoms with Crippen LogP contribution in [0.25, 0.3) is 11.0 Å². The van der Waals surface area contributed by atoms with E-state index < -0.39 is 5.63 Å². The van der Waals surface area contributed by atoms with Gasteiger partial charge in [-0.25, -0.2) is 4.79 Å². The Kier molecular flexibility index (Phi) is 5.48. The first-order valence-corrected chi connectivity index (χ1v) is 8.93. The van der Waals surface area contributed by atoms with Crippen molar-refractivity contribution < 1.29 is 23.5 Å². The van der Waals surface area contributed by atoms with Crippen molar-refractivity contribution in [3.63, 3.8) is 0 Å². The Morgan fingerprint density at radius 1 is 1.22 bits per heavy atom. The summed E-state index contributed by atoms with van der Waals surface area (Å²) in [6.45, 7) is 4.55. The van der Waals surface area contributed by atoms with Gasteiger partial charge in [-0.1, -0.05) is 0 Å². The summed E-state index contributed by atoms with van der Waals surface area (Å²) in [4.78, 5) is 37.3. The molecule has 1 aliphatic rings. The third-order valence-corrected chi connectivity index (χ3v) is 5.05. The van der Waals surface area contributed by atoms with Crippen molar-refractivity contribution in [2.24, 2.45) is 5.92 Å². The summed E-state index contributed by atoms with van der Waals surface area (Å²) in [7, 11) is 1.38. The zero-order chi connectivity index (χ0) is 19.6. The Labute approximate surface area is 156 Å². The van der Waals surface area contributed by atoms with Crippen molar-refractivity contribution in [3.8, 4) is 5.75 Å². The molecule has 0 radical (unpaired) electrons. The number of esters is 1. The summed E-state index contributed by atoms with van der Waals surface area (Å²) >= 11 is 0. The summed E-state index contributed by atoms with van der Waals surface area (Å²) in [6.07, 6.45) is 1.19. The number of carbonyl (C=O) groups is 2. The Balaban J connectivity index is 1.65. The van der Waals surface area contributed by atoms with Gasteiger partial charge in [0.1, 0.15) is 11.3 Å². The average Bonchev–Trinajstić information content (AvgIpc) is 2.67. The smallest absolute Gasteiger partial charge is 0.336 e. The molecule has 2 heterocycles. The average molecular weight is 373 g/mol. The van der Waals surface area contributed by atoms with Gasteiger partial charge in [0, 0.05) is 30.1 Å². The summed E-state index contributed by atoms with van der Waals surface area (Å²) in [6, 6.07) is 5.05. The Morgan fingerprint density at radius 2 is 1.93 bits per heavy atom. The highest BCUT2D eigenvalue weighted by molar-refractivity contribution is 5.85. The predicted octanol–water partition coefficient (Wildman–Crippen LogP) is 2.20. The minimum atomic E-state index is -0.412. The van der Waals surface area contributed by atoms with Gasteiger partial charge in [0.2, 0.25) is 0 Å². The number of likely N-dealkylation sites (tertiary alicyclic amines) is 1. The van der Waals surface area contributed by atoms with Gasteiger partial charge in [0.15, 0.2) is 6.61 Å². The van der Waals surface area contributed by atoms with Crippen molar-refractivity contribution in [3.05, 3.63) is 39.7 Å². The van der Waals surface area contributed by atoms with E-state index >= 15 is 0 Å². The summed E-state index contributed by atoms with van der Waals surface area (Å²) in [5.74, 6) is 0.00770. The summed E-state index contributed by atoms with van der Waals surface area (Å²) in [5.41, 5.74) is 1.58. The molecule has 1 aromatic carbocycles. The van der Waals surface area contributed by atoms with Crippen LogP contribution in [0.3, 0.4) is 0 Å². The molecule has 144 valence electrons. The second kappa shape index (κ2) is 7.82. The fourth-order valence-corrected chi connectivity index (χ4v) is 3.42. The molecule has 0 unspecified atom stereocenters. The number of aryl methyl sites for hydroxylation is 2. The fraction of sp³-hybridized carbons (Fsp3) is 0.450. The van der Waals surface area contributed by atoms with E-state index in [0.29, 0.717) is 42.8 Å². The fourth-order valence-electron chi connectivity index (χ4n) is 3.42. The van der Waals surface area contributed by atoms with Crippen LogP contribution < -0.4 is 10.4 Å². The molecule has 7 heteroatoms. The molecule has 1 amide bonds. The van der Waals surface area contributed by atoms with Crippen LogP contribution in [0.4, 0.5) is 0 Å². The Bertz CT molecular complexity index is 924. The molecule has 0 bridgehead atoms. The second-order valence-electron chi connectivity index (χ2n) is 6.78. The monoisotopic (exact) mass is 373 g/mol. The maximum absolute atomic E-state index is 12.4. The zero-order valence-electron chi connectivity index (χ0n) is 15.7. The largest absolute Gasteiger partial charge is 0.483 e. The molecule has 0 N–H and O–H groups in total. The molecule has 1 saturated heterocycles. The summed E-state index contributed by atoms with van der Waals surface area (Å²) in [5, 5.41) is 0.843. The first kappa shape index (κ1) is 18.9. The van der Waals surface area contributed by atoms with E-state index in [4.69, 9.17) is 13.9 Å². The topological polar surface area (TPSA) is 86.0 Å². The van der Waals surface area contributed by atoms with Gasteiger partial charge in [-0.2, -0.15) is 0 Å². The van der Waals surface area contributed by atoms with Crippen molar-refractivity contribution in [2.75, 3.05) is 26.8 Å². The van der Waals surface area contributed by atoms with E-state index in [-0.39, 0.29) is 24.4 Å². The SMILES string of the molecule is COC(=O)C1CCN(C(=O)COc2ccc3c(C)cc(=O)oc3c2C)CC1. The number of ether oxygens (including phenoxy) is 2. The van der Waals surface area contributed by atoms with Crippen LogP contribution in [-0.4, -0.2) is 43.6 Å². The van der Waals surface area contributed by atoms with Crippen LogP contribution in [0.1, 0.15) is 24.0 Å². The van der Waals surface area contributed by atoms with E-state index in [1.165, 1.54) is 13.2 Å². The van der Waals surface area contributed by atoms with Crippen LogP contribution in [0.15, 0.2) is 27.4 Å². The standard InChI is InChI=1S/C20H23NO6/c1-12-10-18(23)27-19-13(2)16(5-4-15(12)19)26-11-17(22)21-8-6-14(7-9-21)20(24)25-3/h4-5,10,14H,6-9,11H2,1-3H3. The Hall–Kier alpha value is -2.83. The minimum Gasteiger partial charge on any atom is -0.483 e. The van der Waals surface area contributed by atoms with Crippen LogP contribution in [0, 0.1) is 19.8 Å². The molecule has 1 aliphatic heterocycles. The Morgan fingerprint density at radius 3 is 2.59 bits per heavy atom. The molecule has 7 nitrogen and oxygen atoms in total. The maximum atomic E-state index is 12.4. The van der Waals surface area contributed by atoms with Crippen molar-refractivity contribution in [1.29, 1.82) is 0 Å². The molecule has 2 aromatic rings. The van der Waals surface area contributed by atoms with Crippen LogP contribution in [-0.2, 0) is 14.3 Å². The third kappa shape index (κ3) is 3.97. The lowest BCUT2D eigenvalue weighted by Crippen LogP contribution is -2.42. The molecule has 3 rings (SSSR count). The number of piperidine rings is 1. The quantitative estimate of drug-likeness (QED) is 0.603. The number of carbonyl (C=O) groups excluding carboxylic acids is 2. The van der Waals surface area contributed by atoms with E-state index in [1.807, 2.05) is 13.0 Å². The highest BCUT2D eigenvalue weighted by Crippen LogP contribution is 2.28. The van der Waals surface area contributed by atoms with Gasteiger partial charge in [0.25, 0.3) is 5.91 Å². The van der Waals surface area contributed by atoms with Crippen LogP contribution in [0.5, 0.6) is 5.75 Å². The molecule has 0 spiro atoms. The van der Waals surface area contributed by atoms with Crippen molar-refractivity contribution >= 4 is 22.8 Å².